The minimum absolute atomic E-state index is 0.248. The van der Waals surface area contributed by atoms with Crippen LogP contribution in [0.15, 0.2) is 51.8 Å². The maximum atomic E-state index is 12.3. The van der Waals surface area contributed by atoms with E-state index in [1.54, 1.807) is 10.8 Å². The van der Waals surface area contributed by atoms with Crippen LogP contribution in [0.3, 0.4) is 0 Å². The van der Waals surface area contributed by atoms with Crippen LogP contribution in [-0.2, 0) is 6.54 Å². The molecule has 0 bridgehead atoms. The third kappa shape index (κ3) is 3.31. The molecule has 6 nitrogen and oxygen atoms in total. The average Bonchev–Trinajstić information content (AvgIpc) is 3.03. The van der Waals surface area contributed by atoms with Gasteiger partial charge in [-0.25, -0.2) is 9.78 Å². The summed E-state index contributed by atoms with van der Waals surface area (Å²) in [6, 6.07) is 12.1. The highest BCUT2D eigenvalue weighted by Gasteiger charge is 2.33. The van der Waals surface area contributed by atoms with Gasteiger partial charge in [-0.2, -0.15) is 0 Å². The molecule has 0 spiro atoms. The number of hydrogen-bond acceptors (Lipinski definition) is 5. The summed E-state index contributed by atoms with van der Waals surface area (Å²) in [7, 11) is 0. The molecule has 5 rings (SSSR count). The Morgan fingerprint density at radius 1 is 1.11 bits per heavy atom. The smallest absolute Gasteiger partial charge is 0.408 e. The molecular formula is C21H23ClN4O2. The molecule has 0 saturated carbocycles. The summed E-state index contributed by atoms with van der Waals surface area (Å²) >= 11 is 5.96. The lowest BCUT2D eigenvalue weighted by Crippen LogP contribution is -2.57. The molecule has 0 aliphatic carbocycles. The summed E-state index contributed by atoms with van der Waals surface area (Å²) in [6.45, 7) is 4.73. The number of pyridine rings is 1. The third-order valence-corrected chi connectivity index (χ3v) is 6.28. The second-order valence-corrected chi connectivity index (χ2v) is 8.26. The van der Waals surface area contributed by atoms with E-state index in [2.05, 4.69) is 14.8 Å². The van der Waals surface area contributed by atoms with Crippen molar-refractivity contribution in [3.8, 4) is 0 Å². The molecule has 28 heavy (non-hydrogen) atoms. The normalized spacial score (nSPS) is 23.1. The average molecular weight is 399 g/mol. The number of fused-ring (bicyclic) bond motifs is 2. The van der Waals surface area contributed by atoms with E-state index in [1.807, 2.05) is 36.4 Å². The summed E-state index contributed by atoms with van der Waals surface area (Å²) in [5, 5.41) is 0.671. The number of nitrogens with zero attached hydrogens (tertiary/aromatic N) is 4. The van der Waals surface area contributed by atoms with Crippen LogP contribution in [0.5, 0.6) is 0 Å². The van der Waals surface area contributed by atoms with Crippen molar-refractivity contribution in [1.82, 2.24) is 14.5 Å². The van der Waals surface area contributed by atoms with Gasteiger partial charge in [0.1, 0.15) is 5.82 Å². The Labute approximate surface area is 168 Å². The van der Waals surface area contributed by atoms with E-state index < -0.39 is 0 Å². The Balaban J connectivity index is 1.26. The van der Waals surface area contributed by atoms with E-state index >= 15 is 0 Å². The molecule has 7 heteroatoms. The number of piperazine rings is 1. The maximum absolute atomic E-state index is 12.3. The number of piperidine rings is 1. The molecule has 2 aliphatic heterocycles. The van der Waals surface area contributed by atoms with Crippen molar-refractivity contribution in [2.75, 3.05) is 31.1 Å². The number of halogens is 1. The summed E-state index contributed by atoms with van der Waals surface area (Å²) in [4.78, 5) is 21.7. The van der Waals surface area contributed by atoms with E-state index in [0.717, 1.165) is 56.9 Å². The monoisotopic (exact) mass is 398 g/mol. The number of oxazole rings is 1. The van der Waals surface area contributed by atoms with E-state index in [-0.39, 0.29) is 5.76 Å². The highest BCUT2D eigenvalue weighted by atomic mass is 35.5. The lowest BCUT2D eigenvalue weighted by atomic mass is 9.91. The van der Waals surface area contributed by atoms with Crippen LogP contribution in [0, 0.1) is 5.92 Å². The number of aromatic nitrogens is 2. The Morgan fingerprint density at radius 2 is 2.00 bits per heavy atom. The molecule has 0 radical (unpaired) electrons. The third-order valence-electron chi connectivity index (χ3n) is 6.06. The van der Waals surface area contributed by atoms with Crippen molar-refractivity contribution >= 4 is 28.5 Å². The van der Waals surface area contributed by atoms with Gasteiger partial charge in [0.2, 0.25) is 0 Å². The molecule has 1 aromatic carbocycles. The van der Waals surface area contributed by atoms with Crippen LogP contribution in [0.2, 0.25) is 5.02 Å². The molecular weight excluding hydrogens is 376 g/mol. The van der Waals surface area contributed by atoms with E-state index in [4.69, 9.17) is 16.0 Å². The van der Waals surface area contributed by atoms with Gasteiger partial charge in [0.05, 0.1) is 10.5 Å². The van der Waals surface area contributed by atoms with Gasteiger partial charge in [0.15, 0.2) is 5.58 Å². The predicted molar refractivity (Wildman–Crippen MR) is 110 cm³/mol. The van der Waals surface area contributed by atoms with Gasteiger partial charge in [-0.15, -0.1) is 0 Å². The Morgan fingerprint density at radius 3 is 2.86 bits per heavy atom. The van der Waals surface area contributed by atoms with Gasteiger partial charge in [-0.3, -0.25) is 9.47 Å². The fraction of sp³-hybridized carbons (Fsp3) is 0.429. The number of rotatable bonds is 3. The fourth-order valence-corrected chi connectivity index (χ4v) is 4.73. The molecule has 2 fully saturated rings. The van der Waals surface area contributed by atoms with Gasteiger partial charge in [-0.05, 0) is 43.0 Å². The molecule has 2 unspecified atom stereocenters. The van der Waals surface area contributed by atoms with Crippen molar-refractivity contribution in [1.29, 1.82) is 0 Å². The lowest BCUT2D eigenvalue weighted by molar-refractivity contribution is 0.0882. The Hall–Kier alpha value is -2.31. The zero-order valence-electron chi connectivity index (χ0n) is 15.6. The number of hydrogen-bond donors (Lipinski definition) is 0. The topological polar surface area (TPSA) is 54.5 Å². The minimum Gasteiger partial charge on any atom is -0.408 e. The zero-order valence-corrected chi connectivity index (χ0v) is 16.4. The Kier molecular flexibility index (Phi) is 4.61. The lowest BCUT2D eigenvalue weighted by Gasteiger charge is -2.46. The second-order valence-electron chi connectivity index (χ2n) is 7.82. The molecule has 3 aromatic rings. The van der Waals surface area contributed by atoms with Crippen LogP contribution in [-0.4, -0.2) is 46.7 Å². The van der Waals surface area contributed by atoms with Crippen LogP contribution >= 0.6 is 11.6 Å². The van der Waals surface area contributed by atoms with Gasteiger partial charge in [-0.1, -0.05) is 23.7 Å². The van der Waals surface area contributed by atoms with Gasteiger partial charge >= 0.3 is 5.76 Å². The molecule has 0 N–H and O–H groups in total. The van der Waals surface area contributed by atoms with Crippen molar-refractivity contribution < 1.29 is 4.42 Å². The van der Waals surface area contributed by atoms with E-state index in [0.29, 0.717) is 22.6 Å². The standard InChI is InChI=1S/C21H23ClN4O2/c22-16-6-8-20(23-11-16)25-10-9-24-12-15(5-7-17(24)14-25)13-26-18-3-1-2-4-19(18)28-21(26)27/h1-4,6,8,11,15,17H,5,7,9-10,12-14H2. The summed E-state index contributed by atoms with van der Waals surface area (Å²) in [6.07, 6.45) is 3.97. The largest absolute Gasteiger partial charge is 0.419 e. The minimum atomic E-state index is -0.248. The first-order valence-electron chi connectivity index (χ1n) is 9.86. The summed E-state index contributed by atoms with van der Waals surface area (Å²) in [5.74, 6) is 1.22. The van der Waals surface area contributed by atoms with Crippen LogP contribution < -0.4 is 10.7 Å². The molecule has 2 aliphatic rings. The Bertz CT molecular complexity index is 1030. The van der Waals surface area contributed by atoms with Crippen LogP contribution in [0.25, 0.3) is 11.1 Å². The first-order chi connectivity index (χ1) is 13.7. The summed E-state index contributed by atoms with van der Waals surface area (Å²) in [5.41, 5.74) is 1.57. The van der Waals surface area contributed by atoms with Gasteiger partial charge < -0.3 is 9.32 Å². The molecule has 2 aromatic heterocycles. The highest BCUT2D eigenvalue weighted by Crippen LogP contribution is 2.28. The van der Waals surface area contributed by atoms with Gasteiger partial charge in [0.25, 0.3) is 0 Å². The fourth-order valence-electron chi connectivity index (χ4n) is 4.62. The van der Waals surface area contributed by atoms with Crippen molar-refractivity contribution in [2.45, 2.75) is 25.4 Å². The quantitative estimate of drug-likeness (QED) is 0.678. The van der Waals surface area contributed by atoms with Crippen LogP contribution in [0.4, 0.5) is 5.82 Å². The SMILES string of the molecule is O=c1oc2ccccc2n1CC1CCC2CN(c3ccc(Cl)cn3)CCN2C1. The van der Waals surface area contributed by atoms with Crippen molar-refractivity contribution in [3.05, 3.63) is 58.2 Å². The van der Waals surface area contributed by atoms with Gasteiger partial charge in [0, 0.05) is 45.0 Å². The first kappa shape index (κ1) is 17.8. The number of para-hydroxylation sites is 2. The van der Waals surface area contributed by atoms with Crippen LogP contribution in [0.1, 0.15) is 12.8 Å². The molecule has 2 saturated heterocycles. The van der Waals surface area contributed by atoms with Crippen molar-refractivity contribution in [2.24, 2.45) is 5.92 Å². The number of anilines is 1. The summed E-state index contributed by atoms with van der Waals surface area (Å²) < 4.78 is 7.19. The maximum Gasteiger partial charge on any atom is 0.419 e. The van der Waals surface area contributed by atoms with E-state index in [1.165, 1.54) is 0 Å². The highest BCUT2D eigenvalue weighted by molar-refractivity contribution is 6.30. The van der Waals surface area contributed by atoms with E-state index in [9.17, 15) is 4.79 Å². The molecule has 2 atom stereocenters. The molecule has 146 valence electrons. The first-order valence-corrected chi connectivity index (χ1v) is 10.2. The number of benzene rings is 1. The molecule has 4 heterocycles. The zero-order chi connectivity index (χ0) is 19.1. The second kappa shape index (κ2) is 7.26. The predicted octanol–water partition coefficient (Wildman–Crippen LogP) is 3.24. The molecule has 0 amide bonds. The van der Waals surface area contributed by atoms with Crippen molar-refractivity contribution in [3.63, 3.8) is 0 Å².